The molecule has 4 heterocycles. The third kappa shape index (κ3) is 2.58. The van der Waals surface area contributed by atoms with E-state index in [0.717, 1.165) is 23.2 Å². The van der Waals surface area contributed by atoms with E-state index in [1.165, 1.54) is 6.20 Å². The standard InChI is InChI=1S/C19H19N7O/c1-12-4-16(10-24(12)11-21)26-13(2)17(8-23-26)14-5-18(27-3)19-15(6-20)7-22-25(19)9-14/h5,7-9,12,16H,4,10H2,1-3H3/t12-,16+/m1/s1. The monoisotopic (exact) mass is 361 g/mol. The van der Waals surface area contributed by atoms with Gasteiger partial charge >= 0.3 is 0 Å². The highest BCUT2D eigenvalue weighted by atomic mass is 16.5. The minimum absolute atomic E-state index is 0.175. The Kier molecular flexibility index (Phi) is 3.97. The van der Waals surface area contributed by atoms with Crippen molar-refractivity contribution in [2.45, 2.75) is 32.4 Å². The number of aromatic nitrogens is 4. The second-order valence-corrected chi connectivity index (χ2v) is 6.84. The van der Waals surface area contributed by atoms with Gasteiger partial charge in [0.25, 0.3) is 0 Å². The number of fused-ring (bicyclic) bond motifs is 1. The highest BCUT2D eigenvalue weighted by Crippen LogP contribution is 2.34. The Morgan fingerprint density at radius 2 is 2.07 bits per heavy atom. The number of hydrogen-bond acceptors (Lipinski definition) is 6. The maximum atomic E-state index is 9.26. The molecule has 0 unspecified atom stereocenters. The zero-order valence-electron chi connectivity index (χ0n) is 15.4. The molecule has 4 rings (SSSR count). The molecule has 3 aromatic rings. The molecule has 1 saturated heterocycles. The van der Waals surface area contributed by atoms with E-state index in [9.17, 15) is 10.5 Å². The predicted octanol–water partition coefficient (Wildman–Crippen LogP) is 2.50. The molecule has 136 valence electrons. The number of rotatable bonds is 3. The molecule has 0 N–H and O–H groups in total. The van der Waals surface area contributed by atoms with Crippen LogP contribution in [0.25, 0.3) is 16.6 Å². The van der Waals surface area contributed by atoms with E-state index in [2.05, 4.69) is 29.4 Å². The molecule has 1 aliphatic heterocycles. The Labute approximate surface area is 156 Å². The molecule has 0 saturated carbocycles. The lowest BCUT2D eigenvalue weighted by Crippen LogP contribution is -2.21. The van der Waals surface area contributed by atoms with E-state index in [1.807, 2.05) is 30.1 Å². The summed E-state index contributed by atoms with van der Waals surface area (Å²) < 4.78 is 9.17. The Hall–Kier alpha value is -3.52. The average molecular weight is 361 g/mol. The molecule has 0 aromatic carbocycles. The molecule has 1 aliphatic rings. The smallest absolute Gasteiger partial charge is 0.179 e. The first-order valence-electron chi connectivity index (χ1n) is 8.73. The van der Waals surface area contributed by atoms with E-state index in [1.54, 1.807) is 16.5 Å². The lowest BCUT2D eigenvalue weighted by atomic mass is 10.1. The van der Waals surface area contributed by atoms with Crippen LogP contribution < -0.4 is 4.74 Å². The minimum Gasteiger partial charge on any atom is -0.494 e. The van der Waals surface area contributed by atoms with Gasteiger partial charge in [-0.05, 0) is 26.3 Å². The van der Waals surface area contributed by atoms with Gasteiger partial charge in [0, 0.05) is 29.1 Å². The summed E-state index contributed by atoms with van der Waals surface area (Å²) >= 11 is 0. The lowest BCUT2D eigenvalue weighted by Gasteiger charge is -2.13. The Bertz CT molecular complexity index is 1100. The van der Waals surface area contributed by atoms with Gasteiger partial charge in [0.2, 0.25) is 0 Å². The van der Waals surface area contributed by atoms with Crippen molar-refractivity contribution in [2.24, 2.45) is 0 Å². The largest absolute Gasteiger partial charge is 0.494 e. The van der Waals surface area contributed by atoms with Crippen LogP contribution in [-0.2, 0) is 0 Å². The average Bonchev–Trinajstić information content (AvgIpc) is 3.36. The fourth-order valence-corrected chi connectivity index (χ4v) is 3.86. The van der Waals surface area contributed by atoms with Gasteiger partial charge in [0.05, 0.1) is 32.1 Å². The summed E-state index contributed by atoms with van der Waals surface area (Å²) in [5, 5.41) is 27.4. The zero-order chi connectivity index (χ0) is 19.1. The van der Waals surface area contributed by atoms with Crippen LogP contribution in [0, 0.1) is 29.7 Å². The first kappa shape index (κ1) is 16.9. The van der Waals surface area contributed by atoms with Crippen LogP contribution in [0.3, 0.4) is 0 Å². The molecular formula is C19H19N7O. The first-order chi connectivity index (χ1) is 13.1. The van der Waals surface area contributed by atoms with Gasteiger partial charge < -0.3 is 9.64 Å². The van der Waals surface area contributed by atoms with Gasteiger partial charge in [-0.2, -0.15) is 20.7 Å². The van der Waals surface area contributed by atoms with E-state index in [-0.39, 0.29) is 12.1 Å². The molecule has 1 fully saturated rings. The van der Waals surface area contributed by atoms with Crippen molar-refractivity contribution in [2.75, 3.05) is 13.7 Å². The van der Waals surface area contributed by atoms with Gasteiger partial charge in [0.15, 0.2) is 6.19 Å². The molecule has 0 aliphatic carbocycles. The normalized spacial score (nSPS) is 19.2. The highest BCUT2D eigenvalue weighted by Gasteiger charge is 2.31. The van der Waals surface area contributed by atoms with Crippen molar-refractivity contribution in [1.82, 2.24) is 24.3 Å². The van der Waals surface area contributed by atoms with E-state index in [0.29, 0.717) is 23.4 Å². The summed E-state index contributed by atoms with van der Waals surface area (Å²) in [5.74, 6) is 0.596. The maximum Gasteiger partial charge on any atom is 0.179 e. The lowest BCUT2D eigenvalue weighted by molar-refractivity contribution is 0.378. The van der Waals surface area contributed by atoms with Crippen molar-refractivity contribution in [3.8, 4) is 29.1 Å². The fraction of sp³-hybridized carbons (Fsp3) is 0.368. The van der Waals surface area contributed by atoms with Crippen LogP contribution in [0.15, 0.2) is 24.7 Å². The van der Waals surface area contributed by atoms with Crippen LogP contribution in [0.5, 0.6) is 5.75 Å². The number of ether oxygens (including phenoxy) is 1. The quantitative estimate of drug-likeness (QED) is 0.665. The van der Waals surface area contributed by atoms with Gasteiger partial charge in [-0.1, -0.05) is 0 Å². The second-order valence-electron chi connectivity index (χ2n) is 6.84. The van der Waals surface area contributed by atoms with Gasteiger partial charge in [-0.15, -0.1) is 0 Å². The van der Waals surface area contributed by atoms with Crippen molar-refractivity contribution in [3.05, 3.63) is 35.9 Å². The van der Waals surface area contributed by atoms with E-state index >= 15 is 0 Å². The Balaban J connectivity index is 1.76. The van der Waals surface area contributed by atoms with Gasteiger partial charge in [-0.25, -0.2) is 4.52 Å². The number of hydrogen-bond donors (Lipinski definition) is 0. The van der Waals surface area contributed by atoms with Crippen LogP contribution in [0.4, 0.5) is 0 Å². The fourth-order valence-electron chi connectivity index (χ4n) is 3.86. The van der Waals surface area contributed by atoms with E-state index in [4.69, 9.17) is 4.74 Å². The van der Waals surface area contributed by atoms with Crippen LogP contribution >= 0.6 is 0 Å². The van der Waals surface area contributed by atoms with Crippen LogP contribution in [0.1, 0.15) is 30.6 Å². The number of pyridine rings is 1. The molecule has 0 spiro atoms. The van der Waals surface area contributed by atoms with Crippen molar-refractivity contribution < 1.29 is 4.74 Å². The molecule has 27 heavy (non-hydrogen) atoms. The molecule has 0 amide bonds. The molecule has 0 radical (unpaired) electrons. The zero-order valence-corrected chi connectivity index (χ0v) is 15.4. The molecule has 3 aromatic heterocycles. The number of methoxy groups -OCH3 is 1. The van der Waals surface area contributed by atoms with E-state index < -0.39 is 0 Å². The SMILES string of the molecule is COc1cc(-c2cnn([C@H]3C[C@@H](C)N(C#N)C3)c2C)cn2ncc(C#N)c12. The molecule has 8 heteroatoms. The number of nitriles is 2. The highest BCUT2D eigenvalue weighted by molar-refractivity contribution is 5.75. The number of likely N-dealkylation sites (tertiary alicyclic amines) is 1. The summed E-state index contributed by atoms with van der Waals surface area (Å²) in [6.07, 6.45) is 8.40. The second kappa shape index (κ2) is 6.33. The van der Waals surface area contributed by atoms with Crippen molar-refractivity contribution >= 4 is 5.52 Å². The summed E-state index contributed by atoms with van der Waals surface area (Å²) in [6, 6.07) is 4.44. The summed E-state index contributed by atoms with van der Waals surface area (Å²) in [6.45, 7) is 4.77. The Morgan fingerprint density at radius 1 is 1.26 bits per heavy atom. The number of nitrogens with zero attached hydrogens (tertiary/aromatic N) is 7. The summed E-state index contributed by atoms with van der Waals surface area (Å²) in [7, 11) is 1.58. The third-order valence-electron chi connectivity index (χ3n) is 5.30. The summed E-state index contributed by atoms with van der Waals surface area (Å²) in [5.41, 5.74) is 4.05. The Morgan fingerprint density at radius 3 is 2.74 bits per heavy atom. The molecule has 2 atom stereocenters. The van der Waals surface area contributed by atoms with Crippen molar-refractivity contribution in [1.29, 1.82) is 10.5 Å². The molecule has 8 nitrogen and oxygen atoms in total. The first-order valence-corrected chi connectivity index (χ1v) is 8.73. The molecular weight excluding hydrogens is 342 g/mol. The summed E-state index contributed by atoms with van der Waals surface area (Å²) in [4.78, 5) is 1.80. The molecule has 0 bridgehead atoms. The van der Waals surface area contributed by atoms with Crippen LogP contribution in [0.2, 0.25) is 0 Å². The predicted molar refractivity (Wildman–Crippen MR) is 97.9 cm³/mol. The topological polar surface area (TPSA) is 95.2 Å². The minimum atomic E-state index is 0.175. The van der Waals surface area contributed by atoms with Gasteiger partial charge in [0.1, 0.15) is 22.9 Å². The van der Waals surface area contributed by atoms with Crippen molar-refractivity contribution in [3.63, 3.8) is 0 Å². The van der Waals surface area contributed by atoms with Gasteiger partial charge in [-0.3, -0.25) is 4.68 Å². The van der Waals surface area contributed by atoms with Crippen LogP contribution in [-0.4, -0.2) is 44.0 Å². The third-order valence-corrected chi connectivity index (χ3v) is 5.30. The maximum absolute atomic E-state index is 9.26.